The quantitative estimate of drug-likeness (QED) is 0.738. The van der Waals surface area contributed by atoms with Crippen LogP contribution in [0.5, 0.6) is 0 Å². The number of hydrogen-bond acceptors (Lipinski definition) is 3. The molecule has 0 spiro atoms. The molecule has 0 bridgehead atoms. The van der Waals surface area contributed by atoms with Gasteiger partial charge < -0.3 is 14.5 Å². The van der Waals surface area contributed by atoms with Gasteiger partial charge in [0, 0.05) is 26.2 Å². The van der Waals surface area contributed by atoms with E-state index in [1.807, 2.05) is 19.2 Å². The summed E-state index contributed by atoms with van der Waals surface area (Å²) in [5.41, 5.74) is 0. The average molecular weight is 225 g/mol. The second kappa shape index (κ2) is 7.47. The first kappa shape index (κ1) is 13.3. The molecule has 0 saturated carbocycles. The van der Waals surface area contributed by atoms with E-state index in [2.05, 4.69) is 12.2 Å². The van der Waals surface area contributed by atoms with Gasteiger partial charge in [0.1, 0.15) is 5.76 Å². The number of aryl methyl sites for hydroxylation is 1. The smallest absolute Gasteiger partial charge is 0.103 e. The maximum Gasteiger partial charge on any atom is 0.103 e. The van der Waals surface area contributed by atoms with Gasteiger partial charge in [-0.1, -0.05) is 6.92 Å². The van der Waals surface area contributed by atoms with Crippen LogP contribution in [0.15, 0.2) is 22.8 Å². The lowest BCUT2D eigenvalue weighted by molar-refractivity contribution is 0.169. The first-order chi connectivity index (χ1) is 7.77. The van der Waals surface area contributed by atoms with Crippen LogP contribution in [0.4, 0.5) is 0 Å². The Morgan fingerprint density at radius 3 is 2.81 bits per heavy atom. The molecule has 16 heavy (non-hydrogen) atoms. The standard InChI is InChI=1S/C13H23NO2/c1-11(8-10-15-3)13(14-2)7-6-12-5-4-9-16-12/h4-5,9,11,13-14H,6-8,10H2,1-3H3. The van der Waals surface area contributed by atoms with Crippen molar-refractivity contribution in [3.05, 3.63) is 24.2 Å². The van der Waals surface area contributed by atoms with Gasteiger partial charge in [-0.3, -0.25) is 0 Å². The Kier molecular flexibility index (Phi) is 6.19. The van der Waals surface area contributed by atoms with Crippen LogP contribution in [0.25, 0.3) is 0 Å². The normalized spacial score (nSPS) is 14.9. The van der Waals surface area contributed by atoms with Crippen molar-refractivity contribution in [3.63, 3.8) is 0 Å². The van der Waals surface area contributed by atoms with E-state index in [1.54, 1.807) is 13.4 Å². The molecule has 1 aromatic rings. The van der Waals surface area contributed by atoms with Crippen molar-refractivity contribution in [2.75, 3.05) is 20.8 Å². The van der Waals surface area contributed by atoms with Gasteiger partial charge in [0.2, 0.25) is 0 Å². The van der Waals surface area contributed by atoms with E-state index >= 15 is 0 Å². The predicted octanol–water partition coefficient (Wildman–Crippen LogP) is 2.47. The molecule has 1 aromatic heterocycles. The first-order valence-corrected chi connectivity index (χ1v) is 5.96. The average Bonchev–Trinajstić information content (AvgIpc) is 2.80. The van der Waals surface area contributed by atoms with Crippen molar-refractivity contribution in [3.8, 4) is 0 Å². The van der Waals surface area contributed by atoms with Crippen LogP contribution in [0, 0.1) is 5.92 Å². The minimum Gasteiger partial charge on any atom is -0.469 e. The molecule has 0 aliphatic carbocycles. The lowest BCUT2D eigenvalue weighted by Gasteiger charge is -2.23. The van der Waals surface area contributed by atoms with Crippen LogP contribution in [0.2, 0.25) is 0 Å². The minimum absolute atomic E-state index is 0.528. The molecule has 92 valence electrons. The Morgan fingerprint density at radius 1 is 1.44 bits per heavy atom. The maximum atomic E-state index is 5.34. The molecule has 0 saturated heterocycles. The van der Waals surface area contributed by atoms with Gasteiger partial charge in [-0.15, -0.1) is 0 Å². The Hall–Kier alpha value is -0.800. The fourth-order valence-electron chi connectivity index (χ4n) is 1.97. The molecule has 0 aliphatic rings. The molecule has 3 heteroatoms. The lowest BCUT2D eigenvalue weighted by Crippen LogP contribution is -2.33. The zero-order chi connectivity index (χ0) is 11.8. The zero-order valence-electron chi connectivity index (χ0n) is 10.5. The van der Waals surface area contributed by atoms with Crippen molar-refractivity contribution in [1.82, 2.24) is 5.32 Å². The topological polar surface area (TPSA) is 34.4 Å². The fourth-order valence-corrected chi connectivity index (χ4v) is 1.97. The largest absolute Gasteiger partial charge is 0.469 e. The predicted molar refractivity (Wildman–Crippen MR) is 65.5 cm³/mol. The van der Waals surface area contributed by atoms with Crippen molar-refractivity contribution in [2.45, 2.75) is 32.2 Å². The Labute approximate surface area is 98.2 Å². The molecule has 0 amide bonds. The molecule has 2 unspecified atom stereocenters. The summed E-state index contributed by atoms with van der Waals surface area (Å²) in [6.45, 7) is 3.10. The van der Waals surface area contributed by atoms with Gasteiger partial charge in [-0.25, -0.2) is 0 Å². The molecule has 0 fully saturated rings. The number of furan rings is 1. The molecular weight excluding hydrogens is 202 g/mol. The number of ether oxygens (including phenoxy) is 1. The summed E-state index contributed by atoms with van der Waals surface area (Å²) in [5.74, 6) is 1.69. The highest BCUT2D eigenvalue weighted by molar-refractivity contribution is 4.98. The monoisotopic (exact) mass is 225 g/mol. The van der Waals surface area contributed by atoms with Crippen molar-refractivity contribution in [2.24, 2.45) is 5.92 Å². The van der Waals surface area contributed by atoms with E-state index in [4.69, 9.17) is 9.15 Å². The third-order valence-electron chi connectivity index (χ3n) is 3.12. The van der Waals surface area contributed by atoms with E-state index in [1.165, 1.54) is 0 Å². The molecule has 0 radical (unpaired) electrons. The second-order valence-corrected chi connectivity index (χ2v) is 4.27. The molecule has 2 atom stereocenters. The van der Waals surface area contributed by atoms with Crippen LogP contribution >= 0.6 is 0 Å². The number of nitrogens with one attached hydrogen (secondary N) is 1. The van der Waals surface area contributed by atoms with Gasteiger partial charge in [0.25, 0.3) is 0 Å². The number of rotatable bonds is 8. The van der Waals surface area contributed by atoms with Crippen LogP contribution in [-0.2, 0) is 11.2 Å². The van der Waals surface area contributed by atoms with Crippen molar-refractivity contribution in [1.29, 1.82) is 0 Å². The van der Waals surface area contributed by atoms with Gasteiger partial charge in [0.05, 0.1) is 6.26 Å². The summed E-state index contributed by atoms with van der Waals surface area (Å²) in [5, 5.41) is 3.38. The molecule has 0 aromatic carbocycles. The molecule has 1 heterocycles. The van der Waals surface area contributed by atoms with Gasteiger partial charge >= 0.3 is 0 Å². The van der Waals surface area contributed by atoms with Gasteiger partial charge in [-0.2, -0.15) is 0 Å². The summed E-state index contributed by atoms with van der Waals surface area (Å²) in [4.78, 5) is 0. The maximum absolute atomic E-state index is 5.34. The summed E-state index contributed by atoms with van der Waals surface area (Å²) in [6, 6.07) is 4.50. The van der Waals surface area contributed by atoms with Crippen LogP contribution < -0.4 is 5.32 Å². The molecular formula is C13H23NO2. The highest BCUT2D eigenvalue weighted by Gasteiger charge is 2.15. The Bertz CT molecular complexity index is 259. The summed E-state index contributed by atoms with van der Waals surface area (Å²) in [6.07, 6.45) is 4.93. The van der Waals surface area contributed by atoms with E-state index in [0.29, 0.717) is 12.0 Å². The number of hydrogen-bond donors (Lipinski definition) is 1. The van der Waals surface area contributed by atoms with E-state index in [0.717, 1.165) is 31.6 Å². The fraction of sp³-hybridized carbons (Fsp3) is 0.692. The third-order valence-corrected chi connectivity index (χ3v) is 3.12. The van der Waals surface area contributed by atoms with Gasteiger partial charge in [-0.05, 0) is 37.9 Å². The molecule has 1 N–H and O–H groups in total. The highest BCUT2D eigenvalue weighted by atomic mass is 16.5. The third kappa shape index (κ3) is 4.37. The van der Waals surface area contributed by atoms with Crippen molar-refractivity contribution < 1.29 is 9.15 Å². The molecule has 0 aliphatic heterocycles. The van der Waals surface area contributed by atoms with E-state index < -0.39 is 0 Å². The molecule has 3 nitrogen and oxygen atoms in total. The Balaban J connectivity index is 2.30. The summed E-state index contributed by atoms with van der Waals surface area (Å²) < 4.78 is 10.4. The minimum atomic E-state index is 0.528. The van der Waals surface area contributed by atoms with Crippen molar-refractivity contribution >= 4 is 0 Å². The van der Waals surface area contributed by atoms with E-state index in [9.17, 15) is 0 Å². The Morgan fingerprint density at radius 2 is 2.25 bits per heavy atom. The summed E-state index contributed by atoms with van der Waals surface area (Å²) in [7, 11) is 3.78. The summed E-state index contributed by atoms with van der Waals surface area (Å²) >= 11 is 0. The highest BCUT2D eigenvalue weighted by Crippen LogP contribution is 2.14. The molecule has 1 rings (SSSR count). The van der Waals surface area contributed by atoms with Crippen LogP contribution in [-0.4, -0.2) is 26.8 Å². The lowest BCUT2D eigenvalue weighted by atomic mass is 9.94. The van der Waals surface area contributed by atoms with Crippen LogP contribution in [0.1, 0.15) is 25.5 Å². The van der Waals surface area contributed by atoms with E-state index in [-0.39, 0.29) is 0 Å². The zero-order valence-corrected chi connectivity index (χ0v) is 10.5. The SMILES string of the molecule is CNC(CCc1ccco1)C(C)CCOC. The first-order valence-electron chi connectivity index (χ1n) is 5.96. The van der Waals surface area contributed by atoms with Gasteiger partial charge in [0.15, 0.2) is 0 Å². The van der Waals surface area contributed by atoms with Crippen LogP contribution in [0.3, 0.4) is 0 Å². The number of methoxy groups -OCH3 is 1. The second-order valence-electron chi connectivity index (χ2n) is 4.27.